The summed E-state index contributed by atoms with van der Waals surface area (Å²) in [4.78, 5) is 44.3. The van der Waals surface area contributed by atoms with Gasteiger partial charge < -0.3 is 10.1 Å². The van der Waals surface area contributed by atoms with Crippen LogP contribution in [0.4, 0.5) is 0 Å². The van der Waals surface area contributed by atoms with Crippen molar-refractivity contribution in [2.24, 2.45) is 0 Å². The van der Waals surface area contributed by atoms with Gasteiger partial charge in [0.2, 0.25) is 5.91 Å². The van der Waals surface area contributed by atoms with Crippen LogP contribution in [0.5, 0.6) is 0 Å². The Morgan fingerprint density at radius 2 is 1.94 bits per heavy atom. The molecule has 0 aromatic heterocycles. The van der Waals surface area contributed by atoms with Gasteiger partial charge in [-0.2, -0.15) is 0 Å². The summed E-state index contributed by atoms with van der Waals surface area (Å²) in [6.07, 6.45) is 3.58. The molecule has 0 aliphatic carbocycles. The molecule has 6 heteroatoms. The molecule has 1 N–H and O–H groups in total. The maximum atomic E-state index is 11.1. The van der Waals surface area contributed by atoms with Crippen LogP contribution in [-0.4, -0.2) is 42.0 Å². The number of amides is 3. The molecular formula is C10H12N2O4. The Labute approximate surface area is 92.3 Å². The summed E-state index contributed by atoms with van der Waals surface area (Å²) >= 11 is 0. The van der Waals surface area contributed by atoms with E-state index in [2.05, 4.69) is 5.32 Å². The minimum atomic E-state index is -0.349. The minimum absolute atomic E-state index is 0.0119. The lowest BCUT2D eigenvalue weighted by molar-refractivity contribution is -0.137. The highest BCUT2D eigenvalue weighted by Gasteiger charge is 2.22. The van der Waals surface area contributed by atoms with Gasteiger partial charge in [0.15, 0.2) is 0 Å². The van der Waals surface area contributed by atoms with Gasteiger partial charge in [-0.25, -0.2) is 0 Å². The van der Waals surface area contributed by atoms with E-state index in [0.717, 1.165) is 4.90 Å². The maximum Gasteiger partial charge on any atom is 0.253 e. The van der Waals surface area contributed by atoms with E-state index in [4.69, 9.17) is 0 Å². The molecule has 0 fully saturated rings. The van der Waals surface area contributed by atoms with Gasteiger partial charge in [-0.1, -0.05) is 0 Å². The Balaban J connectivity index is 2.20. The third-order valence-corrected chi connectivity index (χ3v) is 2.07. The fourth-order valence-electron chi connectivity index (χ4n) is 1.29. The Bertz CT molecular complexity index is 331. The van der Waals surface area contributed by atoms with Crippen molar-refractivity contribution in [3.63, 3.8) is 0 Å². The first-order valence-corrected chi connectivity index (χ1v) is 4.89. The lowest BCUT2D eigenvalue weighted by Gasteiger charge is -2.12. The van der Waals surface area contributed by atoms with E-state index in [9.17, 15) is 19.2 Å². The van der Waals surface area contributed by atoms with E-state index in [1.54, 1.807) is 0 Å². The van der Waals surface area contributed by atoms with Crippen LogP contribution in [0.3, 0.4) is 0 Å². The van der Waals surface area contributed by atoms with Crippen molar-refractivity contribution < 1.29 is 19.2 Å². The first-order valence-electron chi connectivity index (χ1n) is 4.89. The molecule has 1 aliphatic heterocycles. The molecule has 0 spiro atoms. The molecule has 86 valence electrons. The summed E-state index contributed by atoms with van der Waals surface area (Å²) in [6, 6.07) is 0. The van der Waals surface area contributed by atoms with Crippen molar-refractivity contribution >= 4 is 24.0 Å². The normalized spacial score (nSPS) is 14.4. The summed E-state index contributed by atoms with van der Waals surface area (Å²) < 4.78 is 0. The van der Waals surface area contributed by atoms with Crippen LogP contribution in [0.25, 0.3) is 0 Å². The van der Waals surface area contributed by atoms with Gasteiger partial charge in [-0.05, 0) is 6.42 Å². The van der Waals surface area contributed by atoms with Gasteiger partial charge in [0.05, 0.1) is 6.54 Å². The van der Waals surface area contributed by atoms with Gasteiger partial charge in [0, 0.05) is 25.1 Å². The number of aldehydes is 1. The fraction of sp³-hybridized carbons (Fsp3) is 0.400. The Morgan fingerprint density at radius 1 is 1.31 bits per heavy atom. The van der Waals surface area contributed by atoms with Gasteiger partial charge in [-0.3, -0.25) is 19.3 Å². The van der Waals surface area contributed by atoms with E-state index >= 15 is 0 Å². The molecule has 0 saturated heterocycles. The summed E-state index contributed by atoms with van der Waals surface area (Å²) in [5.74, 6) is -0.962. The van der Waals surface area contributed by atoms with E-state index in [1.165, 1.54) is 12.2 Å². The maximum absolute atomic E-state index is 11.1. The molecule has 0 radical (unpaired) electrons. The molecule has 1 aliphatic rings. The van der Waals surface area contributed by atoms with Crippen LogP contribution in [-0.2, 0) is 19.2 Å². The average Bonchev–Trinajstić information content (AvgIpc) is 2.57. The first kappa shape index (κ1) is 12.1. The summed E-state index contributed by atoms with van der Waals surface area (Å²) in [7, 11) is 0. The van der Waals surface area contributed by atoms with E-state index in [1.807, 2.05) is 0 Å². The number of nitrogens with zero attached hydrogens (tertiary/aromatic N) is 1. The van der Waals surface area contributed by atoms with Gasteiger partial charge in [-0.15, -0.1) is 0 Å². The molecule has 0 atom stereocenters. The zero-order valence-electron chi connectivity index (χ0n) is 8.64. The predicted molar refractivity (Wildman–Crippen MR) is 54.2 cm³/mol. The largest absolute Gasteiger partial charge is 0.349 e. The second-order valence-corrected chi connectivity index (χ2v) is 3.24. The summed E-state index contributed by atoms with van der Waals surface area (Å²) in [5, 5.41) is 2.37. The second-order valence-electron chi connectivity index (χ2n) is 3.24. The smallest absolute Gasteiger partial charge is 0.253 e. The number of carbonyl (C=O) groups is 4. The monoisotopic (exact) mass is 224 g/mol. The number of hydrogen-bond acceptors (Lipinski definition) is 4. The van der Waals surface area contributed by atoms with Gasteiger partial charge in [0.1, 0.15) is 6.29 Å². The van der Waals surface area contributed by atoms with E-state index in [0.29, 0.717) is 12.7 Å². The van der Waals surface area contributed by atoms with Crippen LogP contribution >= 0.6 is 0 Å². The number of hydrogen-bond donors (Lipinski definition) is 1. The molecule has 0 unspecified atom stereocenters. The zero-order chi connectivity index (χ0) is 12.0. The van der Waals surface area contributed by atoms with E-state index in [-0.39, 0.29) is 37.2 Å². The van der Waals surface area contributed by atoms with Crippen LogP contribution < -0.4 is 5.32 Å². The van der Waals surface area contributed by atoms with Crippen molar-refractivity contribution in [1.82, 2.24) is 10.2 Å². The van der Waals surface area contributed by atoms with Gasteiger partial charge in [0.25, 0.3) is 11.8 Å². The molecule has 1 rings (SSSR count). The Morgan fingerprint density at radius 3 is 2.50 bits per heavy atom. The molecule has 6 nitrogen and oxygen atoms in total. The Hall–Kier alpha value is -1.98. The minimum Gasteiger partial charge on any atom is -0.349 e. The van der Waals surface area contributed by atoms with Crippen molar-refractivity contribution in [3.8, 4) is 0 Å². The molecule has 0 bridgehead atoms. The molecule has 0 saturated carbocycles. The highest BCUT2D eigenvalue weighted by molar-refractivity contribution is 6.12. The van der Waals surface area contributed by atoms with Crippen LogP contribution in [0.1, 0.15) is 12.8 Å². The van der Waals surface area contributed by atoms with Crippen LogP contribution in [0, 0.1) is 0 Å². The molecule has 0 aromatic rings. The average molecular weight is 224 g/mol. The summed E-state index contributed by atoms with van der Waals surface area (Å²) in [6.45, 7) is 0.209. The SMILES string of the molecule is O=CCNC(=O)CCCN1C(=O)C=CC1=O. The van der Waals surface area contributed by atoms with Crippen molar-refractivity contribution in [3.05, 3.63) is 12.2 Å². The third-order valence-electron chi connectivity index (χ3n) is 2.07. The molecule has 16 heavy (non-hydrogen) atoms. The van der Waals surface area contributed by atoms with E-state index < -0.39 is 0 Å². The summed E-state index contributed by atoms with van der Waals surface area (Å²) in [5.41, 5.74) is 0. The third kappa shape index (κ3) is 3.30. The van der Waals surface area contributed by atoms with Crippen molar-refractivity contribution in [2.45, 2.75) is 12.8 Å². The highest BCUT2D eigenvalue weighted by atomic mass is 16.2. The highest BCUT2D eigenvalue weighted by Crippen LogP contribution is 2.05. The Kier molecular flexibility index (Phi) is 4.38. The standard InChI is InChI=1S/C10H12N2O4/c13-7-5-11-8(14)2-1-6-12-9(15)3-4-10(12)16/h3-4,7H,1-2,5-6H2,(H,11,14). The first-order chi connectivity index (χ1) is 7.65. The lowest BCUT2D eigenvalue weighted by atomic mass is 10.3. The van der Waals surface area contributed by atoms with Crippen molar-refractivity contribution in [1.29, 1.82) is 0 Å². The number of rotatable bonds is 6. The lowest BCUT2D eigenvalue weighted by Crippen LogP contribution is -2.32. The van der Waals surface area contributed by atoms with Crippen LogP contribution in [0.15, 0.2) is 12.2 Å². The van der Waals surface area contributed by atoms with Crippen molar-refractivity contribution in [2.75, 3.05) is 13.1 Å². The topological polar surface area (TPSA) is 83.6 Å². The van der Waals surface area contributed by atoms with Crippen LogP contribution in [0.2, 0.25) is 0 Å². The quantitative estimate of drug-likeness (QED) is 0.463. The predicted octanol–water partition coefficient (Wildman–Crippen LogP) is -0.993. The fourth-order valence-corrected chi connectivity index (χ4v) is 1.29. The molecule has 3 amide bonds. The molecule has 1 heterocycles. The second kappa shape index (κ2) is 5.79. The molecule has 0 aromatic carbocycles. The zero-order valence-corrected chi connectivity index (χ0v) is 8.64. The van der Waals surface area contributed by atoms with Gasteiger partial charge >= 0.3 is 0 Å². The number of imide groups is 1. The number of carbonyl (C=O) groups excluding carboxylic acids is 4. The number of nitrogens with one attached hydrogen (secondary N) is 1. The molecular weight excluding hydrogens is 212 g/mol.